The third-order valence-electron chi connectivity index (χ3n) is 2.04. The van der Waals surface area contributed by atoms with Gasteiger partial charge in [-0.3, -0.25) is 4.98 Å². The fourth-order valence-corrected chi connectivity index (χ4v) is 2.37. The Morgan fingerprint density at radius 1 is 1.35 bits per heavy atom. The van der Waals surface area contributed by atoms with Crippen molar-refractivity contribution in [2.75, 3.05) is 0 Å². The van der Waals surface area contributed by atoms with Gasteiger partial charge in [-0.25, -0.2) is 4.79 Å². The van der Waals surface area contributed by atoms with Crippen LogP contribution >= 0.6 is 23.4 Å². The first-order valence-electron chi connectivity index (χ1n) is 4.77. The minimum Gasteiger partial charge on any atom is -0.478 e. The number of hydrogen-bond donors (Lipinski definition) is 1. The molecule has 2 aromatic rings. The van der Waals surface area contributed by atoms with E-state index in [1.165, 1.54) is 11.8 Å². The number of rotatable bonds is 3. The van der Waals surface area contributed by atoms with E-state index in [2.05, 4.69) is 4.98 Å². The molecule has 0 fully saturated rings. The molecule has 0 bridgehead atoms. The smallest absolute Gasteiger partial charge is 0.335 e. The topological polar surface area (TPSA) is 50.2 Å². The van der Waals surface area contributed by atoms with Crippen molar-refractivity contribution in [3.63, 3.8) is 0 Å². The van der Waals surface area contributed by atoms with Crippen LogP contribution in [0.1, 0.15) is 10.4 Å². The highest BCUT2D eigenvalue weighted by molar-refractivity contribution is 7.99. The van der Waals surface area contributed by atoms with Crippen molar-refractivity contribution in [3.8, 4) is 0 Å². The van der Waals surface area contributed by atoms with Crippen LogP contribution in [0, 0.1) is 0 Å². The van der Waals surface area contributed by atoms with Gasteiger partial charge in [0.2, 0.25) is 0 Å². The number of aromatic nitrogens is 1. The molecule has 3 nitrogen and oxygen atoms in total. The Labute approximate surface area is 107 Å². The van der Waals surface area contributed by atoms with Crippen LogP contribution in [0.4, 0.5) is 0 Å². The summed E-state index contributed by atoms with van der Waals surface area (Å²) < 4.78 is 0. The fraction of sp³-hybridized carbons (Fsp3) is 0. The van der Waals surface area contributed by atoms with E-state index in [1.807, 2.05) is 6.07 Å². The monoisotopic (exact) mass is 265 g/mol. The van der Waals surface area contributed by atoms with Crippen molar-refractivity contribution in [2.24, 2.45) is 0 Å². The standard InChI is InChI=1S/C12H8ClNO2S/c13-10-7-14-5-4-11(10)17-9-3-1-2-8(6-9)12(15)16/h1-7H,(H,15,16). The molecule has 0 aliphatic heterocycles. The molecule has 0 atom stereocenters. The van der Waals surface area contributed by atoms with Crippen molar-refractivity contribution in [1.29, 1.82) is 0 Å². The number of halogens is 1. The van der Waals surface area contributed by atoms with E-state index in [9.17, 15) is 4.79 Å². The SMILES string of the molecule is O=C(O)c1cccc(Sc2ccncc2Cl)c1. The molecule has 0 radical (unpaired) electrons. The first-order valence-corrected chi connectivity index (χ1v) is 5.97. The van der Waals surface area contributed by atoms with Gasteiger partial charge in [-0.05, 0) is 24.3 Å². The molecule has 0 aliphatic carbocycles. The third-order valence-corrected chi connectivity index (χ3v) is 3.52. The zero-order chi connectivity index (χ0) is 12.3. The van der Waals surface area contributed by atoms with E-state index in [0.29, 0.717) is 5.02 Å². The van der Waals surface area contributed by atoms with Crippen LogP contribution in [0.15, 0.2) is 52.5 Å². The highest BCUT2D eigenvalue weighted by atomic mass is 35.5. The summed E-state index contributed by atoms with van der Waals surface area (Å²) in [6.07, 6.45) is 3.21. The summed E-state index contributed by atoms with van der Waals surface area (Å²) >= 11 is 7.39. The van der Waals surface area contributed by atoms with Crippen molar-refractivity contribution < 1.29 is 9.90 Å². The molecule has 0 unspecified atom stereocenters. The Morgan fingerprint density at radius 2 is 2.18 bits per heavy atom. The number of nitrogens with zero attached hydrogens (tertiary/aromatic N) is 1. The minimum absolute atomic E-state index is 0.264. The maximum Gasteiger partial charge on any atom is 0.335 e. The molecular formula is C12H8ClNO2S. The number of benzene rings is 1. The third kappa shape index (κ3) is 2.99. The van der Waals surface area contributed by atoms with Crippen LogP contribution in [0.2, 0.25) is 5.02 Å². The first-order chi connectivity index (χ1) is 8.16. The van der Waals surface area contributed by atoms with Gasteiger partial charge in [0.25, 0.3) is 0 Å². The van der Waals surface area contributed by atoms with Crippen LogP contribution < -0.4 is 0 Å². The molecule has 0 aliphatic rings. The van der Waals surface area contributed by atoms with Gasteiger partial charge in [0.1, 0.15) is 0 Å². The Morgan fingerprint density at radius 3 is 2.88 bits per heavy atom. The average Bonchev–Trinajstić information content (AvgIpc) is 2.32. The van der Waals surface area contributed by atoms with Gasteiger partial charge in [-0.1, -0.05) is 29.4 Å². The molecule has 0 spiro atoms. The molecule has 5 heteroatoms. The highest BCUT2D eigenvalue weighted by Crippen LogP contribution is 2.32. The number of carbonyl (C=O) groups is 1. The fourth-order valence-electron chi connectivity index (χ4n) is 1.26. The summed E-state index contributed by atoms with van der Waals surface area (Å²) in [6, 6.07) is 8.51. The lowest BCUT2D eigenvalue weighted by atomic mass is 10.2. The summed E-state index contributed by atoms with van der Waals surface area (Å²) in [7, 11) is 0. The predicted octanol–water partition coefficient (Wildman–Crippen LogP) is 3.58. The highest BCUT2D eigenvalue weighted by Gasteiger charge is 2.06. The van der Waals surface area contributed by atoms with Crippen LogP contribution in [0.5, 0.6) is 0 Å². The van der Waals surface area contributed by atoms with Crippen molar-refractivity contribution in [2.45, 2.75) is 9.79 Å². The molecule has 1 aromatic heterocycles. The lowest BCUT2D eigenvalue weighted by Gasteiger charge is -2.04. The van der Waals surface area contributed by atoms with E-state index >= 15 is 0 Å². The Bertz CT molecular complexity index is 560. The summed E-state index contributed by atoms with van der Waals surface area (Å²) in [5.74, 6) is -0.937. The van der Waals surface area contributed by atoms with Gasteiger partial charge >= 0.3 is 5.97 Å². The second kappa shape index (κ2) is 5.21. The van der Waals surface area contributed by atoms with Gasteiger partial charge in [0.05, 0.1) is 10.6 Å². The molecule has 1 aromatic carbocycles. The van der Waals surface area contributed by atoms with Crippen molar-refractivity contribution in [1.82, 2.24) is 4.98 Å². The number of carboxylic acid groups (broad SMARTS) is 1. The van der Waals surface area contributed by atoms with E-state index in [4.69, 9.17) is 16.7 Å². The maximum atomic E-state index is 10.8. The predicted molar refractivity (Wildman–Crippen MR) is 66.8 cm³/mol. The first kappa shape index (κ1) is 12.0. The van der Waals surface area contributed by atoms with E-state index < -0.39 is 5.97 Å². The Balaban J connectivity index is 2.28. The minimum atomic E-state index is -0.937. The van der Waals surface area contributed by atoms with Crippen molar-refractivity contribution >= 4 is 29.3 Å². The zero-order valence-electron chi connectivity index (χ0n) is 8.63. The number of carboxylic acids is 1. The molecule has 0 saturated carbocycles. The van der Waals surface area contributed by atoms with Gasteiger partial charge < -0.3 is 5.11 Å². The molecule has 0 amide bonds. The normalized spacial score (nSPS) is 10.2. The average molecular weight is 266 g/mol. The molecule has 0 saturated heterocycles. The van der Waals surface area contributed by atoms with Crippen LogP contribution in [0.3, 0.4) is 0 Å². The summed E-state index contributed by atoms with van der Waals surface area (Å²) in [4.78, 5) is 16.4. The molecule has 1 N–H and O–H groups in total. The molecule has 17 heavy (non-hydrogen) atoms. The molecule has 2 rings (SSSR count). The van der Waals surface area contributed by atoms with E-state index in [0.717, 1.165) is 9.79 Å². The second-order valence-corrected chi connectivity index (χ2v) is 4.76. The van der Waals surface area contributed by atoms with Crippen LogP contribution in [0.25, 0.3) is 0 Å². The summed E-state index contributed by atoms with van der Waals surface area (Å²) in [6.45, 7) is 0. The van der Waals surface area contributed by atoms with Crippen molar-refractivity contribution in [3.05, 3.63) is 53.3 Å². The van der Waals surface area contributed by atoms with E-state index in [-0.39, 0.29) is 5.56 Å². The van der Waals surface area contributed by atoms with Crippen LogP contribution in [-0.2, 0) is 0 Å². The van der Waals surface area contributed by atoms with Gasteiger partial charge in [0.15, 0.2) is 0 Å². The van der Waals surface area contributed by atoms with E-state index in [1.54, 1.807) is 36.7 Å². The maximum absolute atomic E-state index is 10.8. The summed E-state index contributed by atoms with van der Waals surface area (Å²) in [5.41, 5.74) is 0.264. The van der Waals surface area contributed by atoms with Gasteiger partial charge in [-0.2, -0.15) is 0 Å². The lowest BCUT2D eigenvalue weighted by molar-refractivity contribution is 0.0696. The van der Waals surface area contributed by atoms with Gasteiger partial charge in [0, 0.05) is 22.2 Å². The Kier molecular flexibility index (Phi) is 3.66. The zero-order valence-corrected chi connectivity index (χ0v) is 10.2. The Hall–Kier alpha value is -1.52. The second-order valence-electron chi connectivity index (χ2n) is 3.24. The molecular weight excluding hydrogens is 258 g/mol. The van der Waals surface area contributed by atoms with Gasteiger partial charge in [-0.15, -0.1) is 0 Å². The number of pyridine rings is 1. The number of aromatic carboxylic acids is 1. The molecule has 1 heterocycles. The number of hydrogen-bond acceptors (Lipinski definition) is 3. The molecule has 86 valence electrons. The largest absolute Gasteiger partial charge is 0.478 e. The van der Waals surface area contributed by atoms with Crippen LogP contribution in [-0.4, -0.2) is 16.1 Å². The summed E-state index contributed by atoms with van der Waals surface area (Å²) in [5, 5.41) is 9.44. The quantitative estimate of drug-likeness (QED) is 0.921. The lowest BCUT2D eigenvalue weighted by Crippen LogP contribution is -1.95.